The molecule has 6 N–H and O–H groups in total. The lowest BCUT2D eigenvalue weighted by Gasteiger charge is -2.16. The van der Waals surface area contributed by atoms with Crippen molar-refractivity contribution in [2.75, 3.05) is 23.8 Å². The Kier molecular flexibility index (Phi) is 27.3. The molecule has 0 radical (unpaired) electrons. The molecule has 0 spiro atoms. The lowest BCUT2D eigenvalue weighted by Crippen LogP contribution is -2.14. The third-order valence-electron chi connectivity index (χ3n) is 13.5. The molecule has 77 heavy (non-hydrogen) atoms. The number of hydrogen-bond donors (Lipinski definition) is 4. The number of amides is 2. The quantitative estimate of drug-likeness (QED) is 0.0241. The lowest BCUT2D eigenvalue weighted by molar-refractivity contribution is 0.0488. The van der Waals surface area contributed by atoms with Crippen LogP contribution >= 0.6 is 0 Å². The van der Waals surface area contributed by atoms with Gasteiger partial charge < -0.3 is 31.6 Å². The zero-order chi connectivity index (χ0) is 55.0. The molecule has 0 fully saturated rings. The number of hydrogen-bond acceptors (Lipinski definition) is 10. The highest BCUT2D eigenvalue weighted by atomic mass is 16.5. The van der Waals surface area contributed by atoms with Crippen LogP contribution in [0.1, 0.15) is 214 Å². The average molecular weight is 1050 g/mol. The van der Waals surface area contributed by atoms with Gasteiger partial charge in [-0.3, -0.25) is 19.6 Å². The van der Waals surface area contributed by atoms with E-state index in [1.54, 1.807) is 73.3 Å². The highest BCUT2D eigenvalue weighted by Gasteiger charge is 2.18. The van der Waals surface area contributed by atoms with E-state index in [4.69, 9.17) is 20.9 Å². The number of nitrogens with one attached hydrogen (secondary N) is 2. The van der Waals surface area contributed by atoms with Crippen molar-refractivity contribution in [3.63, 3.8) is 0 Å². The number of carbonyl (C=O) groups is 4. The Morgan fingerprint density at radius 1 is 0.429 bits per heavy atom. The van der Waals surface area contributed by atoms with Gasteiger partial charge in [0, 0.05) is 59.4 Å². The maximum atomic E-state index is 12.9. The first-order valence-corrected chi connectivity index (χ1v) is 28.3. The van der Waals surface area contributed by atoms with E-state index in [9.17, 15) is 19.2 Å². The highest BCUT2D eigenvalue weighted by molar-refractivity contribution is 6.06. The molecule has 0 aliphatic rings. The Balaban J connectivity index is 0.000000284. The number of nitrogens with zero attached hydrogens (tertiary/aromatic N) is 2. The summed E-state index contributed by atoms with van der Waals surface area (Å²) in [6.07, 6.45) is 29.8. The number of pyridine rings is 2. The third-order valence-corrected chi connectivity index (χ3v) is 13.5. The molecule has 6 aromatic rings. The normalized spacial score (nSPS) is 11.7. The van der Waals surface area contributed by atoms with Crippen molar-refractivity contribution in [1.29, 1.82) is 0 Å². The number of unbranched alkanes of at least 4 members (excludes halogenated alkanes) is 17. The predicted octanol–water partition coefficient (Wildman–Crippen LogP) is 15.8. The monoisotopic (exact) mass is 1040 g/mol. The number of anilines is 2. The molecule has 2 aromatic heterocycles. The van der Waals surface area contributed by atoms with E-state index in [-0.39, 0.29) is 35.8 Å². The molecular formula is C65H84N6O6. The van der Waals surface area contributed by atoms with Crippen LogP contribution in [-0.4, -0.2) is 46.9 Å². The van der Waals surface area contributed by atoms with Crippen LogP contribution in [0.2, 0.25) is 0 Å². The van der Waals surface area contributed by atoms with Gasteiger partial charge in [0.15, 0.2) is 0 Å². The van der Waals surface area contributed by atoms with Crippen molar-refractivity contribution in [3.05, 3.63) is 167 Å². The minimum Gasteiger partial charge on any atom is -0.462 e. The van der Waals surface area contributed by atoms with Gasteiger partial charge in [0.2, 0.25) is 0 Å². The molecule has 0 saturated heterocycles. The Hall–Kier alpha value is -7.02. The number of rotatable bonds is 31. The molecule has 12 heteroatoms. The van der Waals surface area contributed by atoms with Gasteiger partial charge in [0.25, 0.3) is 11.8 Å². The molecular weight excluding hydrogens is 961 g/mol. The van der Waals surface area contributed by atoms with Crippen LogP contribution in [0, 0.1) is 0 Å². The number of benzene rings is 4. The fourth-order valence-corrected chi connectivity index (χ4v) is 9.09. The van der Waals surface area contributed by atoms with Crippen LogP contribution in [0.5, 0.6) is 0 Å². The van der Waals surface area contributed by atoms with Crippen molar-refractivity contribution >= 4 is 35.1 Å². The second-order valence-electron chi connectivity index (χ2n) is 20.0. The maximum Gasteiger partial charge on any atom is 0.338 e. The van der Waals surface area contributed by atoms with Crippen molar-refractivity contribution in [1.82, 2.24) is 9.97 Å². The smallest absolute Gasteiger partial charge is 0.338 e. The molecule has 2 amide bonds. The molecule has 0 aliphatic heterocycles. The summed E-state index contributed by atoms with van der Waals surface area (Å²) >= 11 is 0. The summed E-state index contributed by atoms with van der Waals surface area (Å²) in [5.41, 5.74) is 20.9. The van der Waals surface area contributed by atoms with Crippen molar-refractivity contribution in [3.8, 4) is 22.3 Å². The van der Waals surface area contributed by atoms with E-state index in [2.05, 4.69) is 34.4 Å². The van der Waals surface area contributed by atoms with E-state index < -0.39 is 0 Å². The molecule has 0 saturated carbocycles. The van der Waals surface area contributed by atoms with E-state index >= 15 is 0 Å². The topological polar surface area (TPSA) is 189 Å². The van der Waals surface area contributed by atoms with Crippen molar-refractivity contribution in [2.45, 2.75) is 162 Å². The van der Waals surface area contributed by atoms with Gasteiger partial charge in [0.1, 0.15) is 0 Å². The van der Waals surface area contributed by atoms with Gasteiger partial charge in [-0.25, -0.2) is 9.59 Å². The number of carbonyl (C=O) groups excluding carboxylic acids is 4. The summed E-state index contributed by atoms with van der Waals surface area (Å²) in [5.74, 6) is -1.13. The van der Waals surface area contributed by atoms with Crippen LogP contribution < -0.4 is 22.1 Å². The maximum absolute atomic E-state index is 12.9. The van der Waals surface area contributed by atoms with Gasteiger partial charge in [0.05, 0.1) is 24.3 Å². The summed E-state index contributed by atoms with van der Waals surface area (Å²) in [6.45, 7) is 9.14. The van der Waals surface area contributed by atoms with Crippen LogP contribution in [0.15, 0.2) is 134 Å². The number of nitrogens with two attached hydrogens (primary N) is 2. The van der Waals surface area contributed by atoms with E-state index in [0.29, 0.717) is 46.8 Å². The second-order valence-corrected chi connectivity index (χ2v) is 20.0. The van der Waals surface area contributed by atoms with E-state index in [1.807, 2.05) is 74.5 Å². The first kappa shape index (κ1) is 60.8. The summed E-state index contributed by atoms with van der Waals surface area (Å²) in [6, 6.07) is 32.0. The number of esters is 2. The summed E-state index contributed by atoms with van der Waals surface area (Å²) in [4.78, 5) is 59.3. The zero-order valence-corrected chi connectivity index (χ0v) is 46.2. The molecule has 12 nitrogen and oxygen atoms in total. The van der Waals surface area contributed by atoms with Gasteiger partial charge in [-0.05, 0) is 133 Å². The highest BCUT2D eigenvalue weighted by Crippen LogP contribution is 2.32. The standard InChI is InChI=1S/C33H43N3O3.C32H41N3O3/c1-3-4-5-6-7-8-9-10-11-12-22-39-33(38)28-15-13-14-26(23-28)31-24-27(16-17-30(31)25(2)34)32(37)36-29-18-20-35-21-19-29;1-3-4-5-6-7-8-9-10-11-21-38-32(37)27-14-12-13-25(22-27)30-23-26(15-16-29(30)24(2)33)31(36)35-28-17-19-34-20-18-28/h13-21,23-25H,3-12,22,34H2,1-2H3,(H,35,36,37);12-20,22-24H,3-11,21,33H2,1-2H3,(H,34,35,36). The number of ether oxygens (including phenoxy) is 2. The van der Waals surface area contributed by atoms with Gasteiger partial charge in [-0.2, -0.15) is 0 Å². The summed E-state index contributed by atoms with van der Waals surface area (Å²) < 4.78 is 11.1. The molecule has 0 aliphatic carbocycles. The molecule has 4 aromatic carbocycles. The fourth-order valence-electron chi connectivity index (χ4n) is 9.09. The SMILES string of the molecule is CCCCCCCCCCCCOC(=O)c1cccc(-c2cc(C(=O)Nc3ccncc3)ccc2C(C)N)c1.CCCCCCCCCCCOC(=O)c1cccc(-c2cc(C(=O)Nc3ccncc3)ccc2C(C)N)c1. The predicted molar refractivity (Wildman–Crippen MR) is 313 cm³/mol. The van der Waals surface area contributed by atoms with Crippen LogP contribution in [-0.2, 0) is 9.47 Å². The first-order chi connectivity index (χ1) is 37.5. The Morgan fingerprint density at radius 3 is 1.10 bits per heavy atom. The van der Waals surface area contributed by atoms with Crippen LogP contribution in [0.4, 0.5) is 11.4 Å². The Bertz CT molecular complexity index is 2710. The van der Waals surface area contributed by atoms with Gasteiger partial charge in [-0.15, -0.1) is 0 Å². The summed E-state index contributed by atoms with van der Waals surface area (Å²) in [5, 5.41) is 5.77. The minimum atomic E-state index is -0.333. The van der Waals surface area contributed by atoms with Crippen LogP contribution in [0.25, 0.3) is 22.3 Å². The van der Waals surface area contributed by atoms with E-state index in [0.717, 1.165) is 59.1 Å². The number of aromatic nitrogens is 2. The largest absolute Gasteiger partial charge is 0.462 e. The van der Waals surface area contributed by atoms with Crippen LogP contribution in [0.3, 0.4) is 0 Å². The minimum absolute atomic E-state index is 0.231. The third kappa shape index (κ3) is 21.5. The first-order valence-electron chi connectivity index (χ1n) is 28.3. The Labute approximate surface area is 458 Å². The van der Waals surface area contributed by atoms with E-state index in [1.165, 1.54) is 96.3 Å². The molecule has 6 rings (SSSR count). The zero-order valence-electron chi connectivity index (χ0n) is 46.2. The molecule has 410 valence electrons. The average Bonchev–Trinajstić information content (AvgIpc) is 3.46. The fraction of sp³-hybridized carbons (Fsp3) is 0.415. The van der Waals surface area contributed by atoms with Crippen molar-refractivity contribution < 1.29 is 28.7 Å². The molecule has 2 heterocycles. The second kappa shape index (κ2) is 34.6. The van der Waals surface area contributed by atoms with Gasteiger partial charge in [-0.1, -0.05) is 159 Å². The molecule has 0 bridgehead atoms. The lowest BCUT2D eigenvalue weighted by atomic mass is 9.92. The molecule has 2 atom stereocenters. The Morgan fingerprint density at radius 2 is 0.766 bits per heavy atom. The molecule has 2 unspecified atom stereocenters. The van der Waals surface area contributed by atoms with Gasteiger partial charge >= 0.3 is 11.9 Å². The summed E-state index contributed by atoms with van der Waals surface area (Å²) in [7, 11) is 0. The van der Waals surface area contributed by atoms with Crippen molar-refractivity contribution in [2.24, 2.45) is 11.5 Å².